The summed E-state index contributed by atoms with van der Waals surface area (Å²) in [6.07, 6.45) is 15.9. The Bertz CT molecular complexity index is 2730. The van der Waals surface area contributed by atoms with Gasteiger partial charge in [-0.25, -0.2) is 0 Å². The van der Waals surface area contributed by atoms with Crippen molar-refractivity contribution in [1.82, 2.24) is 14.5 Å². The normalized spacial score (nSPS) is 14.1. The van der Waals surface area contributed by atoms with Gasteiger partial charge in [0.1, 0.15) is 0 Å². The zero-order valence-corrected chi connectivity index (χ0v) is 29.9. The number of aryl methyl sites for hydroxylation is 2. The van der Waals surface area contributed by atoms with Gasteiger partial charge in [-0.3, -0.25) is 9.97 Å². The summed E-state index contributed by atoms with van der Waals surface area (Å²) in [5.74, 6) is 0. The van der Waals surface area contributed by atoms with E-state index in [0.717, 1.165) is 45.9 Å². The van der Waals surface area contributed by atoms with E-state index < -0.39 is 0 Å². The van der Waals surface area contributed by atoms with Gasteiger partial charge in [-0.15, -0.1) is 0 Å². The molecule has 0 radical (unpaired) electrons. The number of aromatic nitrogens is 3. The molecule has 0 atom stereocenters. The molecule has 1 aliphatic rings. The monoisotopic (exact) mass is 682 g/mol. The lowest BCUT2D eigenvalue weighted by Gasteiger charge is -2.28. The van der Waals surface area contributed by atoms with Crippen molar-refractivity contribution in [2.45, 2.75) is 13.8 Å². The Morgan fingerprint density at radius 1 is 0.528 bits per heavy atom. The van der Waals surface area contributed by atoms with Crippen molar-refractivity contribution in [3.05, 3.63) is 194 Å². The van der Waals surface area contributed by atoms with Crippen LogP contribution in [0.3, 0.4) is 0 Å². The Morgan fingerprint density at radius 2 is 1.15 bits per heavy atom. The fourth-order valence-corrected chi connectivity index (χ4v) is 7.78. The molecule has 0 aliphatic carbocycles. The number of hydrogen-bond donors (Lipinski definition) is 0. The first-order chi connectivity index (χ1) is 26.0. The summed E-state index contributed by atoms with van der Waals surface area (Å²) in [4.78, 5) is 10.8. The van der Waals surface area contributed by atoms with Crippen LogP contribution in [-0.4, -0.2) is 21.1 Å². The van der Waals surface area contributed by atoms with Gasteiger partial charge >= 0.3 is 0 Å². The van der Waals surface area contributed by atoms with Gasteiger partial charge in [0.05, 0.1) is 11.0 Å². The maximum atomic E-state index is 4.45. The van der Waals surface area contributed by atoms with Gasteiger partial charge in [0.25, 0.3) is 0 Å². The summed E-state index contributed by atoms with van der Waals surface area (Å²) in [5.41, 5.74) is 17.5. The molecule has 1 aliphatic heterocycles. The highest BCUT2D eigenvalue weighted by molar-refractivity contribution is 6.10. The molecule has 9 rings (SSSR count). The predicted octanol–water partition coefficient (Wildman–Crippen LogP) is 12.5. The number of benzene rings is 5. The Labute approximate surface area is 310 Å². The predicted molar refractivity (Wildman–Crippen MR) is 223 cm³/mol. The third-order valence-electron chi connectivity index (χ3n) is 10.4. The van der Waals surface area contributed by atoms with Crippen LogP contribution in [0, 0.1) is 13.8 Å². The minimum Gasteiger partial charge on any atom is -0.337 e. The number of hydrogen-bond acceptors (Lipinski definition) is 3. The van der Waals surface area contributed by atoms with Crippen LogP contribution in [0.5, 0.6) is 0 Å². The fraction of sp³-hybridized carbons (Fsp3) is 0.0612. The second-order valence-electron chi connectivity index (χ2n) is 13.7. The third-order valence-corrected chi connectivity index (χ3v) is 10.4. The minimum absolute atomic E-state index is 0.745. The highest BCUT2D eigenvalue weighted by atomic mass is 15.1. The van der Waals surface area contributed by atoms with Gasteiger partial charge in [-0.1, -0.05) is 73.3 Å². The summed E-state index contributed by atoms with van der Waals surface area (Å²) < 4.78 is 2.39. The van der Waals surface area contributed by atoms with Crippen molar-refractivity contribution in [3.8, 4) is 39.1 Å². The molecule has 5 aromatic carbocycles. The van der Waals surface area contributed by atoms with Crippen LogP contribution in [0.2, 0.25) is 0 Å². The van der Waals surface area contributed by atoms with Crippen molar-refractivity contribution < 1.29 is 0 Å². The van der Waals surface area contributed by atoms with Gasteiger partial charge in [-0.2, -0.15) is 0 Å². The molecule has 0 saturated heterocycles. The second-order valence-corrected chi connectivity index (χ2v) is 13.7. The largest absolute Gasteiger partial charge is 0.337 e. The Kier molecular flexibility index (Phi) is 8.13. The van der Waals surface area contributed by atoms with E-state index >= 15 is 0 Å². The average Bonchev–Trinajstić information content (AvgIpc) is 3.56. The highest BCUT2D eigenvalue weighted by Gasteiger charge is 2.19. The van der Waals surface area contributed by atoms with E-state index in [1.165, 1.54) is 55.2 Å². The van der Waals surface area contributed by atoms with Crippen LogP contribution >= 0.6 is 0 Å². The number of fused-ring (bicyclic) bond motifs is 4. The SMILES string of the molecule is C=C1/C=C\C=C/CN(c2ccc(-c3ccc(-n4c5ccccc5c5cc(-c6ccncc6)ccc54)cc3C)c(C)c2)c2ccc(-c3ccncc3)cc21. The van der Waals surface area contributed by atoms with Crippen molar-refractivity contribution in [2.24, 2.45) is 0 Å². The Balaban J connectivity index is 1.08. The zero-order chi connectivity index (χ0) is 35.9. The standard InChI is InChI=1S/C49H38N4/c1-33-9-5-4-8-28-52(47-18-12-38(31-45(33)47)36-20-24-50-25-21-36)40-14-16-42(34(2)29-40)43-17-15-41(30-35(43)3)53-48-11-7-6-10-44(48)46-32-39(13-19-49(46)53)37-22-26-51-27-23-37/h4-27,29-32H,1,28H2,2-3H3/b8-4-,9-5-. The van der Waals surface area contributed by atoms with Gasteiger partial charge in [0.2, 0.25) is 0 Å². The third kappa shape index (κ3) is 5.84. The summed E-state index contributed by atoms with van der Waals surface area (Å²) in [6, 6.07) is 44.1. The number of nitrogens with zero attached hydrogens (tertiary/aromatic N) is 4. The summed E-state index contributed by atoms with van der Waals surface area (Å²) in [6.45, 7) is 9.65. The van der Waals surface area contributed by atoms with Gasteiger partial charge in [0.15, 0.2) is 0 Å². The number of anilines is 2. The molecule has 0 fully saturated rings. The van der Waals surface area contributed by atoms with E-state index in [1.807, 2.05) is 36.9 Å². The van der Waals surface area contributed by atoms with Crippen molar-refractivity contribution in [2.75, 3.05) is 11.4 Å². The lowest BCUT2D eigenvalue weighted by Crippen LogP contribution is -2.18. The smallest absolute Gasteiger partial charge is 0.0541 e. The maximum Gasteiger partial charge on any atom is 0.0541 e. The molecule has 0 unspecified atom stereocenters. The van der Waals surface area contributed by atoms with Crippen LogP contribution in [0.1, 0.15) is 16.7 Å². The Hall–Kier alpha value is -6.78. The number of pyridine rings is 2. The first-order valence-electron chi connectivity index (χ1n) is 18.0. The molecule has 0 N–H and O–H groups in total. The highest BCUT2D eigenvalue weighted by Crippen LogP contribution is 2.40. The molecule has 0 saturated carbocycles. The molecule has 4 nitrogen and oxygen atoms in total. The minimum atomic E-state index is 0.745. The lowest BCUT2D eigenvalue weighted by molar-refractivity contribution is 1.09. The molecule has 8 aromatic rings. The topological polar surface area (TPSA) is 34.0 Å². The number of allylic oxidation sites excluding steroid dienone is 4. The Morgan fingerprint density at radius 3 is 1.87 bits per heavy atom. The summed E-state index contributed by atoms with van der Waals surface area (Å²) in [5, 5.41) is 2.49. The molecule has 3 aromatic heterocycles. The summed E-state index contributed by atoms with van der Waals surface area (Å²) >= 11 is 0. The molecule has 0 bridgehead atoms. The summed E-state index contributed by atoms with van der Waals surface area (Å²) in [7, 11) is 0. The van der Waals surface area contributed by atoms with Crippen molar-refractivity contribution in [3.63, 3.8) is 0 Å². The molecule has 53 heavy (non-hydrogen) atoms. The second kappa shape index (κ2) is 13.4. The van der Waals surface area contributed by atoms with Crippen LogP contribution in [-0.2, 0) is 0 Å². The molecular weight excluding hydrogens is 645 g/mol. The van der Waals surface area contributed by atoms with Crippen LogP contribution in [0.4, 0.5) is 11.4 Å². The molecular formula is C49H38N4. The first-order valence-corrected chi connectivity index (χ1v) is 18.0. The molecule has 0 amide bonds. The van der Waals surface area contributed by atoms with Crippen LogP contribution in [0.25, 0.3) is 66.4 Å². The number of rotatable bonds is 5. The maximum absolute atomic E-state index is 4.45. The fourth-order valence-electron chi connectivity index (χ4n) is 7.78. The van der Waals surface area contributed by atoms with Crippen LogP contribution in [0.15, 0.2) is 177 Å². The van der Waals surface area contributed by atoms with E-state index in [0.29, 0.717) is 0 Å². The van der Waals surface area contributed by atoms with E-state index in [2.05, 4.69) is 173 Å². The van der Waals surface area contributed by atoms with Crippen molar-refractivity contribution >= 4 is 38.8 Å². The van der Waals surface area contributed by atoms with Crippen LogP contribution < -0.4 is 4.90 Å². The van der Waals surface area contributed by atoms with E-state index in [1.54, 1.807) is 0 Å². The van der Waals surface area contributed by atoms with Gasteiger partial charge in [-0.05, 0) is 143 Å². The van der Waals surface area contributed by atoms with Crippen molar-refractivity contribution in [1.29, 1.82) is 0 Å². The van der Waals surface area contributed by atoms with Gasteiger partial charge < -0.3 is 9.47 Å². The molecule has 0 spiro atoms. The van der Waals surface area contributed by atoms with E-state index in [9.17, 15) is 0 Å². The zero-order valence-electron chi connectivity index (χ0n) is 29.9. The number of para-hydroxylation sites is 1. The lowest BCUT2D eigenvalue weighted by atomic mass is 9.94. The molecule has 254 valence electrons. The molecule has 4 heteroatoms. The first kappa shape index (κ1) is 32.1. The van der Waals surface area contributed by atoms with E-state index in [4.69, 9.17) is 0 Å². The molecule has 4 heterocycles. The average molecular weight is 683 g/mol. The quantitative estimate of drug-likeness (QED) is 0.181. The van der Waals surface area contributed by atoms with Gasteiger partial charge in [0, 0.05) is 64.7 Å². The van der Waals surface area contributed by atoms with E-state index in [-0.39, 0.29) is 0 Å².